The standard InChI is InChI=1S/C17H17ClF3NO3S/c1-2-25-11-13-6-4-3-5-12(13)10-22-26(23,24)16-8-7-14(18)9-15(16)17(19,20)21/h3-9,22H,2,10-11H2,1H3. The Morgan fingerprint density at radius 2 is 1.77 bits per heavy atom. The molecule has 2 rings (SSSR count). The molecule has 0 spiro atoms. The van der Waals surface area contributed by atoms with Crippen molar-refractivity contribution in [3.8, 4) is 0 Å². The van der Waals surface area contributed by atoms with E-state index in [1.165, 1.54) is 0 Å². The van der Waals surface area contributed by atoms with Gasteiger partial charge in [0.05, 0.1) is 17.1 Å². The number of sulfonamides is 1. The average Bonchev–Trinajstić information content (AvgIpc) is 2.58. The fraction of sp³-hybridized carbons (Fsp3) is 0.294. The highest BCUT2D eigenvalue weighted by Crippen LogP contribution is 2.35. The predicted molar refractivity (Wildman–Crippen MR) is 92.3 cm³/mol. The van der Waals surface area contributed by atoms with Gasteiger partial charge in [0.2, 0.25) is 10.0 Å². The lowest BCUT2D eigenvalue weighted by Gasteiger charge is -2.15. The van der Waals surface area contributed by atoms with Gasteiger partial charge in [-0.05, 0) is 36.2 Å². The van der Waals surface area contributed by atoms with Gasteiger partial charge in [-0.3, -0.25) is 0 Å². The van der Waals surface area contributed by atoms with Crippen molar-refractivity contribution < 1.29 is 26.3 Å². The van der Waals surface area contributed by atoms with Gasteiger partial charge in [-0.2, -0.15) is 13.2 Å². The Bertz CT molecular complexity index is 870. The van der Waals surface area contributed by atoms with E-state index >= 15 is 0 Å². The van der Waals surface area contributed by atoms with E-state index in [2.05, 4.69) is 4.72 Å². The van der Waals surface area contributed by atoms with Crippen LogP contribution in [0.1, 0.15) is 23.6 Å². The van der Waals surface area contributed by atoms with Gasteiger partial charge >= 0.3 is 6.18 Å². The molecule has 0 amide bonds. The molecule has 0 heterocycles. The van der Waals surface area contributed by atoms with Crippen molar-refractivity contribution in [3.05, 3.63) is 64.2 Å². The highest BCUT2D eigenvalue weighted by Gasteiger charge is 2.37. The van der Waals surface area contributed by atoms with Crippen molar-refractivity contribution >= 4 is 21.6 Å². The first kappa shape index (κ1) is 20.7. The Labute approximate surface area is 155 Å². The molecular formula is C17H17ClF3NO3S. The molecule has 0 saturated heterocycles. The molecule has 0 radical (unpaired) electrons. The average molecular weight is 408 g/mol. The first-order chi connectivity index (χ1) is 12.1. The lowest BCUT2D eigenvalue weighted by molar-refractivity contribution is -0.139. The molecule has 142 valence electrons. The third-order valence-corrected chi connectivity index (χ3v) is 5.26. The van der Waals surface area contributed by atoms with Crippen LogP contribution >= 0.6 is 11.6 Å². The van der Waals surface area contributed by atoms with E-state index < -0.39 is 26.7 Å². The number of halogens is 4. The van der Waals surface area contributed by atoms with Crippen molar-refractivity contribution in [2.45, 2.75) is 31.1 Å². The normalized spacial score (nSPS) is 12.3. The number of rotatable bonds is 7. The predicted octanol–water partition coefficient (Wildman–Crippen LogP) is 4.37. The van der Waals surface area contributed by atoms with Crippen molar-refractivity contribution in [1.82, 2.24) is 4.72 Å². The summed E-state index contributed by atoms with van der Waals surface area (Å²) in [5.41, 5.74) is 0.0661. The summed E-state index contributed by atoms with van der Waals surface area (Å²) >= 11 is 5.59. The molecule has 26 heavy (non-hydrogen) atoms. The van der Waals surface area contributed by atoms with Crippen LogP contribution < -0.4 is 4.72 Å². The first-order valence-corrected chi connectivity index (χ1v) is 9.52. The van der Waals surface area contributed by atoms with E-state index in [9.17, 15) is 21.6 Å². The zero-order chi connectivity index (χ0) is 19.4. The van der Waals surface area contributed by atoms with Crippen LogP contribution in [0, 0.1) is 0 Å². The molecule has 0 atom stereocenters. The zero-order valence-electron chi connectivity index (χ0n) is 13.8. The molecule has 2 aromatic rings. The minimum Gasteiger partial charge on any atom is -0.377 e. The summed E-state index contributed by atoms with van der Waals surface area (Å²) in [6, 6.07) is 9.48. The molecular weight excluding hydrogens is 391 g/mol. The van der Waals surface area contributed by atoms with Gasteiger partial charge in [0, 0.05) is 18.2 Å². The molecule has 1 N–H and O–H groups in total. The smallest absolute Gasteiger partial charge is 0.377 e. The molecule has 2 aromatic carbocycles. The summed E-state index contributed by atoms with van der Waals surface area (Å²) in [5, 5.41) is -0.196. The van der Waals surface area contributed by atoms with Crippen LogP contribution in [-0.4, -0.2) is 15.0 Å². The molecule has 0 bridgehead atoms. The Morgan fingerprint density at radius 3 is 2.38 bits per heavy atom. The van der Waals surface area contributed by atoms with Crippen LogP contribution in [0.4, 0.5) is 13.2 Å². The Hall–Kier alpha value is -1.61. The van der Waals surface area contributed by atoms with Crippen LogP contribution in [0.2, 0.25) is 5.02 Å². The minimum absolute atomic E-state index is 0.161. The summed E-state index contributed by atoms with van der Waals surface area (Å²) < 4.78 is 71.8. The number of hydrogen-bond acceptors (Lipinski definition) is 3. The number of benzene rings is 2. The maximum atomic E-state index is 13.2. The summed E-state index contributed by atoms with van der Waals surface area (Å²) in [4.78, 5) is -0.864. The second kappa shape index (κ2) is 8.39. The summed E-state index contributed by atoms with van der Waals surface area (Å²) in [6.07, 6.45) is -4.85. The van der Waals surface area contributed by atoms with Gasteiger partial charge in [-0.25, -0.2) is 13.1 Å². The number of hydrogen-bond donors (Lipinski definition) is 1. The molecule has 0 aliphatic heterocycles. The third kappa shape index (κ3) is 5.20. The van der Waals surface area contributed by atoms with Crippen molar-refractivity contribution in [3.63, 3.8) is 0 Å². The number of alkyl halides is 3. The zero-order valence-corrected chi connectivity index (χ0v) is 15.4. The van der Waals surface area contributed by atoms with Crippen LogP contribution in [0.5, 0.6) is 0 Å². The molecule has 9 heteroatoms. The van der Waals surface area contributed by atoms with Crippen molar-refractivity contribution in [2.75, 3.05) is 6.61 Å². The highest BCUT2D eigenvalue weighted by molar-refractivity contribution is 7.89. The van der Waals surface area contributed by atoms with Crippen LogP contribution in [0.25, 0.3) is 0 Å². The third-order valence-electron chi connectivity index (χ3n) is 3.57. The number of nitrogens with one attached hydrogen (secondary N) is 1. The second-order valence-electron chi connectivity index (χ2n) is 5.37. The Balaban J connectivity index is 2.29. The molecule has 0 fully saturated rings. The maximum absolute atomic E-state index is 13.2. The fourth-order valence-electron chi connectivity index (χ4n) is 2.29. The van der Waals surface area contributed by atoms with E-state index in [4.69, 9.17) is 16.3 Å². The largest absolute Gasteiger partial charge is 0.417 e. The van der Waals surface area contributed by atoms with E-state index in [-0.39, 0.29) is 18.2 Å². The van der Waals surface area contributed by atoms with Gasteiger partial charge in [0.25, 0.3) is 0 Å². The molecule has 0 aliphatic rings. The second-order valence-corrected chi connectivity index (χ2v) is 7.54. The van der Waals surface area contributed by atoms with Crippen LogP contribution in [0.3, 0.4) is 0 Å². The number of ether oxygens (including phenoxy) is 1. The van der Waals surface area contributed by atoms with Gasteiger partial charge in [0.1, 0.15) is 0 Å². The fourth-order valence-corrected chi connectivity index (χ4v) is 3.68. The van der Waals surface area contributed by atoms with Crippen LogP contribution in [-0.2, 0) is 34.1 Å². The van der Waals surface area contributed by atoms with E-state index in [1.54, 1.807) is 24.3 Å². The molecule has 0 aliphatic carbocycles. The topological polar surface area (TPSA) is 55.4 Å². The van der Waals surface area contributed by atoms with E-state index in [0.717, 1.165) is 17.7 Å². The Morgan fingerprint density at radius 1 is 1.12 bits per heavy atom. The monoisotopic (exact) mass is 407 g/mol. The van der Waals surface area contributed by atoms with Crippen LogP contribution in [0.15, 0.2) is 47.4 Å². The first-order valence-electron chi connectivity index (χ1n) is 7.66. The van der Waals surface area contributed by atoms with Gasteiger partial charge < -0.3 is 4.74 Å². The summed E-state index contributed by atoms with van der Waals surface area (Å²) in [6.45, 7) is 2.43. The lowest BCUT2D eigenvalue weighted by Crippen LogP contribution is -2.26. The van der Waals surface area contributed by atoms with Crippen molar-refractivity contribution in [2.24, 2.45) is 0 Å². The van der Waals surface area contributed by atoms with Gasteiger partial charge in [-0.15, -0.1) is 0 Å². The quantitative estimate of drug-likeness (QED) is 0.741. The van der Waals surface area contributed by atoms with Crippen molar-refractivity contribution in [1.29, 1.82) is 0 Å². The molecule has 4 nitrogen and oxygen atoms in total. The van der Waals surface area contributed by atoms with Gasteiger partial charge in [0.15, 0.2) is 0 Å². The molecule has 0 unspecified atom stereocenters. The SMILES string of the molecule is CCOCc1ccccc1CNS(=O)(=O)c1ccc(Cl)cc1C(F)(F)F. The summed E-state index contributed by atoms with van der Waals surface area (Å²) in [5.74, 6) is 0. The highest BCUT2D eigenvalue weighted by atomic mass is 35.5. The minimum atomic E-state index is -4.85. The van der Waals surface area contributed by atoms with E-state index in [1.807, 2.05) is 6.92 Å². The molecule has 0 aromatic heterocycles. The van der Waals surface area contributed by atoms with Gasteiger partial charge in [-0.1, -0.05) is 35.9 Å². The van der Waals surface area contributed by atoms with E-state index in [0.29, 0.717) is 18.2 Å². The maximum Gasteiger partial charge on any atom is 0.417 e. The lowest BCUT2D eigenvalue weighted by atomic mass is 10.1. The Kier molecular flexibility index (Phi) is 6.68. The summed E-state index contributed by atoms with van der Waals surface area (Å²) in [7, 11) is -4.40. The molecule has 0 saturated carbocycles.